The molecule has 1 amide bonds. The highest BCUT2D eigenvalue weighted by atomic mass is 35.5. The molecule has 0 spiro atoms. The van der Waals surface area contributed by atoms with E-state index in [-0.39, 0.29) is 18.0 Å². The lowest BCUT2D eigenvalue weighted by Gasteiger charge is -2.23. The monoisotopic (exact) mass is 403 g/mol. The molecule has 0 N–H and O–H groups in total. The molecule has 144 valence electrons. The van der Waals surface area contributed by atoms with E-state index in [4.69, 9.17) is 11.6 Å². The van der Waals surface area contributed by atoms with Gasteiger partial charge in [0.2, 0.25) is 5.91 Å². The van der Waals surface area contributed by atoms with E-state index in [0.717, 1.165) is 16.5 Å². The second-order valence-corrected chi connectivity index (χ2v) is 7.09. The third-order valence-corrected chi connectivity index (χ3v) is 4.93. The van der Waals surface area contributed by atoms with Crippen LogP contribution in [0.25, 0.3) is 22.0 Å². The molecule has 0 unspecified atom stereocenters. The Morgan fingerprint density at radius 2 is 1.55 bits per heavy atom. The van der Waals surface area contributed by atoms with Crippen LogP contribution < -0.4 is 10.6 Å². The Bertz CT molecular complexity index is 1230. The summed E-state index contributed by atoms with van der Waals surface area (Å²) >= 11 is 6.03. The summed E-state index contributed by atoms with van der Waals surface area (Å²) in [5.41, 5.74) is 1.97. The third-order valence-electron chi connectivity index (χ3n) is 4.67. The van der Waals surface area contributed by atoms with Crippen LogP contribution in [0, 0.1) is 0 Å². The minimum Gasteiger partial charge on any atom is -0.273 e. The summed E-state index contributed by atoms with van der Waals surface area (Å²) in [4.78, 5) is 26.8. The Hall–Kier alpha value is -3.44. The van der Waals surface area contributed by atoms with Gasteiger partial charge in [-0.05, 0) is 23.8 Å². The summed E-state index contributed by atoms with van der Waals surface area (Å²) in [7, 11) is 0. The summed E-state index contributed by atoms with van der Waals surface area (Å²) in [5.74, 6) is -0.277. The lowest BCUT2D eigenvalue weighted by molar-refractivity contribution is -0.118. The Kier molecular flexibility index (Phi) is 5.14. The minimum absolute atomic E-state index is 0.238. The van der Waals surface area contributed by atoms with E-state index in [2.05, 4.69) is 5.10 Å². The van der Waals surface area contributed by atoms with Crippen LogP contribution in [-0.2, 0) is 11.3 Å². The SMILES string of the molecule is CC(=O)N(Cc1ccccc1)n1nc(-c2ccc(Cl)cc2)c2ccccc2c1=O. The normalized spacial score (nSPS) is 10.8. The van der Waals surface area contributed by atoms with Crippen molar-refractivity contribution in [2.45, 2.75) is 13.5 Å². The van der Waals surface area contributed by atoms with Crippen LogP contribution in [0.4, 0.5) is 0 Å². The predicted molar refractivity (Wildman–Crippen MR) is 115 cm³/mol. The molecule has 0 aliphatic rings. The molecule has 0 fully saturated rings. The summed E-state index contributed by atoms with van der Waals surface area (Å²) in [5, 5.41) is 7.76. The molecule has 4 rings (SSSR count). The van der Waals surface area contributed by atoms with Crippen molar-refractivity contribution >= 4 is 28.3 Å². The largest absolute Gasteiger partial charge is 0.294 e. The van der Waals surface area contributed by atoms with Gasteiger partial charge in [0.25, 0.3) is 5.56 Å². The molecule has 6 heteroatoms. The molecule has 0 saturated heterocycles. The van der Waals surface area contributed by atoms with Gasteiger partial charge in [0.05, 0.1) is 11.9 Å². The van der Waals surface area contributed by atoms with Gasteiger partial charge < -0.3 is 0 Å². The molecule has 0 saturated carbocycles. The highest BCUT2D eigenvalue weighted by Gasteiger charge is 2.19. The number of hydrogen-bond donors (Lipinski definition) is 0. The van der Waals surface area contributed by atoms with Crippen LogP contribution in [0.1, 0.15) is 12.5 Å². The molecule has 5 nitrogen and oxygen atoms in total. The van der Waals surface area contributed by atoms with Crippen molar-refractivity contribution in [2.24, 2.45) is 0 Å². The zero-order valence-corrected chi connectivity index (χ0v) is 16.5. The van der Waals surface area contributed by atoms with Gasteiger partial charge in [0, 0.05) is 22.9 Å². The summed E-state index contributed by atoms with van der Waals surface area (Å²) in [6, 6.07) is 24.0. The number of carbonyl (C=O) groups is 1. The van der Waals surface area contributed by atoms with Gasteiger partial charge in [-0.25, -0.2) is 5.01 Å². The van der Waals surface area contributed by atoms with Crippen LogP contribution in [-0.4, -0.2) is 15.8 Å². The van der Waals surface area contributed by atoms with Gasteiger partial charge in [0.15, 0.2) is 0 Å². The van der Waals surface area contributed by atoms with E-state index in [1.54, 1.807) is 24.3 Å². The number of rotatable bonds is 4. The van der Waals surface area contributed by atoms with Gasteiger partial charge in [-0.15, -0.1) is 9.89 Å². The fourth-order valence-corrected chi connectivity index (χ4v) is 3.36. The Labute approximate surface area is 172 Å². The number of amides is 1. The average molecular weight is 404 g/mol. The number of nitrogens with zero attached hydrogens (tertiary/aromatic N) is 3. The van der Waals surface area contributed by atoms with Crippen molar-refractivity contribution in [1.29, 1.82) is 0 Å². The molecule has 0 aliphatic heterocycles. The maximum Gasteiger partial charge on any atom is 0.294 e. The topological polar surface area (TPSA) is 55.2 Å². The Morgan fingerprint density at radius 1 is 0.931 bits per heavy atom. The van der Waals surface area contributed by atoms with Crippen molar-refractivity contribution in [3.05, 3.63) is 99.8 Å². The van der Waals surface area contributed by atoms with E-state index < -0.39 is 0 Å². The zero-order valence-electron chi connectivity index (χ0n) is 15.7. The molecule has 0 aliphatic carbocycles. The number of carbonyl (C=O) groups excluding carboxylic acids is 1. The van der Waals surface area contributed by atoms with Gasteiger partial charge in [-0.1, -0.05) is 72.3 Å². The van der Waals surface area contributed by atoms with E-state index in [1.807, 2.05) is 54.6 Å². The van der Waals surface area contributed by atoms with Gasteiger partial charge in [-0.2, -0.15) is 0 Å². The van der Waals surface area contributed by atoms with E-state index in [0.29, 0.717) is 16.1 Å². The standard InChI is InChI=1S/C23H18ClN3O2/c1-16(28)26(15-17-7-3-2-4-8-17)27-23(29)21-10-6-5-9-20(21)22(25-27)18-11-13-19(24)14-12-18/h2-14H,15H2,1H3. The van der Waals surface area contributed by atoms with Gasteiger partial charge >= 0.3 is 0 Å². The van der Waals surface area contributed by atoms with E-state index in [9.17, 15) is 9.59 Å². The van der Waals surface area contributed by atoms with Gasteiger partial charge in [-0.3, -0.25) is 9.59 Å². The van der Waals surface area contributed by atoms with Crippen molar-refractivity contribution in [2.75, 3.05) is 5.01 Å². The van der Waals surface area contributed by atoms with Gasteiger partial charge in [0.1, 0.15) is 5.69 Å². The molecule has 1 aromatic heterocycles. The quantitative estimate of drug-likeness (QED) is 0.507. The third kappa shape index (κ3) is 3.77. The molecular weight excluding hydrogens is 386 g/mol. The highest BCUT2D eigenvalue weighted by molar-refractivity contribution is 6.30. The molecule has 29 heavy (non-hydrogen) atoms. The number of fused-ring (bicyclic) bond motifs is 1. The number of aromatic nitrogens is 2. The minimum atomic E-state index is -0.343. The van der Waals surface area contributed by atoms with Crippen LogP contribution in [0.5, 0.6) is 0 Å². The molecule has 4 aromatic rings. The molecule has 0 radical (unpaired) electrons. The average Bonchev–Trinajstić information content (AvgIpc) is 2.74. The maximum absolute atomic E-state index is 13.2. The van der Waals surface area contributed by atoms with Crippen LogP contribution >= 0.6 is 11.6 Å². The molecule has 0 atom stereocenters. The van der Waals surface area contributed by atoms with Crippen molar-refractivity contribution in [1.82, 2.24) is 9.89 Å². The Morgan fingerprint density at radius 3 is 2.21 bits per heavy atom. The van der Waals surface area contributed by atoms with E-state index >= 15 is 0 Å². The first-order valence-corrected chi connectivity index (χ1v) is 9.53. The van der Waals surface area contributed by atoms with Crippen LogP contribution in [0.15, 0.2) is 83.7 Å². The maximum atomic E-state index is 13.2. The smallest absolute Gasteiger partial charge is 0.273 e. The zero-order chi connectivity index (χ0) is 20.4. The summed E-state index contributed by atoms with van der Waals surface area (Å²) in [6.07, 6.45) is 0. The molecule has 0 bridgehead atoms. The first kappa shape index (κ1) is 18.9. The second kappa shape index (κ2) is 7.89. The lowest BCUT2D eigenvalue weighted by Crippen LogP contribution is -2.46. The highest BCUT2D eigenvalue weighted by Crippen LogP contribution is 2.26. The number of hydrogen-bond acceptors (Lipinski definition) is 3. The fourth-order valence-electron chi connectivity index (χ4n) is 3.23. The van der Waals surface area contributed by atoms with Crippen LogP contribution in [0.2, 0.25) is 5.02 Å². The van der Waals surface area contributed by atoms with Crippen molar-refractivity contribution in [3.63, 3.8) is 0 Å². The first-order chi connectivity index (χ1) is 14.0. The molecular formula is C23H18ClN3O2. The summed E-state index contributed by atoms with van der Waals surface area (Å²) < 4.78 is 0. The lowest BCUT2D eigenvalue weighted by atomic mass is 10.1. The van der Waals surface area contributed by atoms with Crippen molar-refractivity contribution in [3.8, 4) is 11.3 Å². The second-order valence-electron chi connectivity index (χ2n) is 6.66. The van der Waals surface area contributed by atoms with Crippen molar-refractivity contribution < 1.29 is 4.79 Å². The van der Waals surface area contributed by atoms with E-state index in [1.165, 1.54) is 16.7 Å². The Balaban J connectivity index is 1.94. The molecule has 3 aromatic carbocycles. The first-order valence-electron chi connectivity index (χ1n) is 9.15. The molecule has 1 heterocycles. The number of halogens is 1. The van der Waals surface area contributed by atoms with Crippen LogP contribution in [0.3, 0.4) is 0 Å². The fraction of sp³-hybridized carbons (Fsp3) is 0.0870. The predicted octanol–water partition coefficient (Wildman–Crippen LogP) is 4.40. The summed E-state index contributed by atoms with van der Waals surface area (Å²) in [6.45, 7) is 1.66. The number of benzene rings is 3.